The average molecular weight is 513 g/mol. The molecule has 0 radical (unpaired) electrons. The van der Waals surface area contributed by atoms with Crippen LogP contribution in [0.4, 0.5) is 5.69 Å². The van der Waals surface area contributed by atoms with Gasteiger partial charge in [0.05, 0.1) is 18.2 Å². The normalized spacial score (nSPS) is 27.2. The highest BCUT2D eigenvalue weighted by Crippen LogP contribution is 2.53. The topological polar surface area (TPSA) is 128 Å². The number of hydrogen-bond donors (Lipinski definition) is 3. The van der Waals surface area contributed by atoms with Crippen LogP contribution < -0.4 is 9.64 Å². The zero-order valence-corrected chi connectivity index (χ0v) is 22.3. The summed E-state index contributed by atoms with van der Waals surface area (Å²) >= 11 is 0. The second kappa shape index (κ2) is 9.61. The van der Waals surface area contributed by atoms with Crippen LogP contribution in [0.2, 0.25) is 0 Å². The Hall–Kier alpha value is -3.17. The van der Waals surface area contributed by atoms with Crippen molar-refractivity contribution < 1.29 is 34.4 Å². The Labute approximate surface area is 217 Å². The van der Waals surface area contributed by atoms with Crippen LogP contribution in [0.5, 0.6) is 5.75 Å². The van der Waals surface area contributed by atoms with Gasteiger partial charge in [-0.1, -0.05) is 13.3 Å². The van der Waals surface area contributed by atoms with Crippen LogP contribution in [-0.4, -0.2) is 84.0 Å². The number of benzene rings is 1. The molecule has 1 aromatic carbocycles. The van der Waals surface area contributed by atoms with Crippen molar-refractivity contribution in [2.45, 2.75) is 51.2 Å². The van der Waals surface area contributed by atoms with Gasteiger partial charge in [0, 0.05) is 31.3 Å². The number of nitrogens with zero attached hydrogens (tertiary/aromatic N) is 2. The molecule has 0 spiro atoms. The molecule has 9 nitrogen and oxygen atoms in total. The van der Waals surface area contributed by atoms with Crippen LogP contribution >= 0.6 is 0 Å². The molecule has 4 atom stereocenters. The quantitative estimate of drug-likeness (QED) is 0.373. The molecule has 9 heteroatoms. The summed E-state index contributed by atoms with van der Waals surface area (Å²) in [4.78, 5) is 43.4. The minimum atomic E-state index is -2.51. The van der Waals surface area contributed by atoms with Crippen molar-refractivity contribution in [3.05, 3.63) is 45.9 Å². The van der Waals surface area contributed by atoms with Gasteiger partial charge in [-0.15, -0.1) is 0 Å². The summed E-state index contributed by atoms with van der Waals surface area (Å²) in [6.07, 6.45) is 2.26. The number of ketones is 3. The monoisotopic (exact) mass is 512 g/mol. The van der Waals surface area contributed by atoms with Crippen LogP contribution in [0.25, 0.3) is 0 Å². The summed E-state index contributed by atoms with van der Waals surface area (Å²) in [6.45, 7) is 3.59. The standard InChI is InChI=1S/C28H36N2O7/c1-7-8-11-37-19-10-9-18(29(3)4)16-12-15-13-17-23(30(5)6)25(33)20(14(2)31)26(34)28(17,36)27(35)21(15)24(32)22(16)19/h9-10,15,17,23,33,35-36H,7-8,11-13H2,1-6H3/t15-,17-,23-,28+/m0/s1. The molecule has 0 saturated carbocycles. The van der Waals surface area contributed by atoms with Crippen LogP contribution in [0, 0.1) is 11.8 Å². The maximum absolute atomic E-state index is 14.0. The summed E-state index contributed by atoms with van der Waals surface area (Å²) in [6, 6.07) is 2.74. The Morgan fingerprint density at radius 3 is 2.41 bits per heavy atom. The number of unbranched alkanes of at least 4 members (excludes halogenated alkanes) is 1. The van der Waals surface area contributed by atoms with Crippen molar-refractivity contribution in [1.82, 2.24) is 4.90 Å². The van der Waals surface area contributed by atoms with Crippen LogP contribution in [0.15, 0.2) is 34.8 Å². The van der Waals surface area contributed by atoms with E-state index in [4.69, 9.17) is 4.74 Å². The first kappa shape index (κ1) is 26.9. The van der Waals surface area contributed by atoms with Gasteiger partial charge >= 0.3 is 0 Å². The number of carbonyl (C=O) groups excluding carboxylic acids is 3. The molecule has 1 aromatic rings. The molecule has 0 saturated heterocycles. The fourth-order valence-electron chi connectivity index (χ4n) is 6.19. The fraction of sp³-hybridized carbons (Fsp3) is 0.536. The molecule has 3 aliphatic carbocycles. The van der Waals surface area contributed by atoms with Gasteiger partial charge in [0.15, 0.2) is 17.2 Å². The molecule has 0 fully saturated rings. The Bertz CT molecular complexity index is 1230. The molecule has 3 N–H and O–H groups in total. The molecule has 0 aromatic heterocycles. The van der Waals surface area contributed by atoms with Gasteiger partial charge < -0.3 is 25.0 Å². The van der Waals surface area contributed by atoms with E-state index in [1.807, 2.05) is 32.0 Å². The van der Waals surface area contributed by atoms with E-state index < -0.39 is 57.9 Å². The lowest BCUT2D eigenvalue weighted by Crippen LogP contribution is -2.63. The average Bonchev–Trinajstić information content (AvgIpc) is 2.81. The third-order valence-corrected chi connectivity index (χ3v) is 7.91. The van der Waals surface area contributed by atoms with Gasteiger partial charge in [0.25, 0.3) is 0 Å². The molecule has 0 unspecified atom stereocenters. The van der Waals surface area contributed by atoms with E-state index >= 15 is 0 Å². The number of ether oxygens (including phenoxy) is 1. The molecule has 200 valence electrons. The SMILES string of the molecule is CCCCOc1ccc(N(C)C)c2c1C(=O)C1=C(O)[C@]3(O)C(=O)C(C(C)=O)=C(O)[C@@H](N(C)C)[C@@H]3C[C@@H]1C2. The number of Topliss-reactive ketones (excluding diaryl/α,β-unsaturated/α-hetero) is 3. The molecule has 0 aliphatic heterocycles. The van der Waals surface area contributed by atoms with E-state index in [1.165, 1.54) is 0 Å². The van der Waals surface area contributed by atoms with E-state index in [2.05, 4.69) is 0 Å². The van der Waals surface area contributed by atoms with E-state index in [9.17, 15) is 29.7 Å². The molecule has 4 rings (SSSR count). The maximum atomic E-state index is 14.0. The fourth-order valence-corrected chi connectivity index (χ4v) is 6.19. The molecule has 0 heterocycles. The predicted molar refractivity (Wildman–Crippen MR) is 138 cm³/mol. The summed E-state index contributed by atoms with van der Waals surface area (Å²) in [5, 5.41) is 34.2. The number of aliphatic hydroxyl groups excluding tert-OH is 2. The highest BCUT2D eigenvalue weighted by atomic mass is 16.5. The summed E-state index contributed by atoms with van der Waals surface area (Å²) in [5.74, 6) is -4.52. The first-order valence-electron chi connectivity index (χ1n) is 12.7. The van der Waals surface area contributed by atoms with E-state index in [0.29, 0.717) is 24.3 Å². The Morgan fingerprint density at radius 1 is 1.16 bits per heavy atom. The summed E-state index contributed by atoms with van der Waals surface area (Å²) < 4.78 is 5.96. The van der Waals surface area contributed by atoms with Gasteiger partial charge in [-0.2, -0.15) is 0 Å². The highest BCUT2D eigenvalue weighted by molar-refractivity contribution is 6.25. The van der Waals surface area contributed by atoms with Gasteiger partial charge in [-0.25, -0.2) is 0 Å². The van der Waals surface area contributed by atoms with Gasteiger partial charge in [0.2, 0.25) is 5.78 Å². The lowest BCUT2D eigenvalue weighted by atomic mass is 9.58. The maximum Gasteiger partial charge on any atom is 0.209 e. The Kier molecular flexibility index (Phi) is 6.98. The van der Waals surface area contributed by atoms with E-state index in [0.717, 1.165) is 31.0 Å². The van der Waals surface area contributed by atoms with Crippen molar-refractivity contribution in [2.24, 2.45) is 11.8 Å². The molecule has 3 aliphatic rings. The number of rotatable bonds is 7. The molecular formula is C28H36N2O7. The molecular weight excluding hydrogens is 476 g/mol. The lowest BCUT2D eigenvalue weighted by Gasteiger charge is -2.50. The second-order valence-corrected chi connectivity index (χ2v) is 10.7. The molecule has 0 amide bonds. The number of hydrogen-bond acceptors (Lipinski definition) is 9. The minimum absolute atomic E-state index is 0.0300. The third kappa shape index (κ3) is 3.95. The Morgan fingerprint density at radius 2 is 1.84 bits per heavy atom. The number of carbonyl (C=O) groups is 3. The molecule has 0 bridgehead atoms. The first-order valence-corrected chi connectivity index (χ1v) is 12.7. The number of fused-ring (bicyclic) bond motifs is 3. The largest absolute Gasteiger partial charge is 0.510 e. The Balaban J connectivity index is 1.93. The van der Waals surface area contributed by atoms with Gasteiger partial charge in [-0.3, -0.25) is 19.3 Å². The van der Waals surface area contributed by atoms with Crippen molar-refractivity contribution in [2.75, 3.05) is 39.7 Å². The van der Waals surface area contributed by atoms with Gasteiger partial charge in [-0.05, 0) is 63.9 Å². The zero-order valence-electron chi connectivity index (χ0n) is 22.3. The van der Waals surface area contributed by atoms with Crippen LogP contribution in [-0.2, 0) is 16.0 Å². The summed E-state index contributed by atoms with van der Waals surface area (Å²) in [7, 11) is 7.09. The van der Waals surface area contributed by atoms with Gasteiger partial charge in [0.1, 0.15) is 22.8 Å². The minimum Gasteiger partial charge on any atom is -0.510 e. The number of allylic oxidation sites excluding steroid dienone is 1. The van der Waals surface area contributed by atoms with Crippen molar-refractivity contribution in [1.29, 1.82) is 0 Å². The highest BCUT2D eigenvalue weighted by Gasteiger charge is 2.63. The zero-order chi connectivity index (χ0) is 27.4. The second-order valence-electron chi connectivity index (χ2n) is 10.7. The summed E-state index contributed by atoms with van der Waals surface area (Å²) in [5.41, 5.74) is -1.15. The van der Waals surface area contributed by atoms with Crippen molar-refractivity contribution in [3.8, 4) is 5.75 Å². The number of aliphatic hydroxyl groups is 3. The molecule has 37 heavy (non-hydrogen) atoms. The van der Waals surface area contributed by atoms with Crippen molar-refractivity contribution >= 4 is 23.0 Å². The first-order chi connectivity index (χ1) is 17.4. The number of likely N-dealkylation sites (N-methyl/N-ethyl adjacent to an activating group) is 1. The lowest BCUT2D eigenvalue weighted by molar-refractivity contribution is -0.148. The van der Waals surface area contributed by atoms with E-state index in [-0.39, 0.29) is 12.0 Å². The third-order valence-electron chi connectivity index (χ3n) is 7.91. The van der Waals surface area contributed by atoms with Crippen LogP contribution in [0.3, 0.4) is 0 Å². The predicted octanol–water partition coefficient (Wildman–Crippen LogP) is 2.76. The van der Waals surface area contributed by atoms with E-state index in [1.54, 1.807) is 25.1 Å². The number of anilines is 1. The van der Waals surface area contributed by atoms with Crippen LogP contribution in [0.1, 0.15) is 49.0 Å². The smallest absolute Gasteiger partial charge is 0.209 e. The van der Waals surface area contributed by atoms with Crippen molar-refractivity contribution in [3.63, 3.8) is 0 Å².